The molecule has 0 aliphatic carbocycles. The van der Waals surface area contributed by atoms with Crippen molar-refractivity contribution in [2.24, 2.45) is 7.05 Å². The number of nitrogens with one attached hydrogen (secondary N) is 1. The second kappa shape index (κ2) is 6.61. The van der Waals surface area contributed by atoms with Crippen LogP contribution in [0.25, 0.3) is 0 Å². The summed E-state index contributed by atoms with van der Waals surface area (Å²) in [6.45, 7) is 4.48. The van der Waals surface area contributed by atoms with Crippen LogP contribution < -0.4 is 5.69 Å². The van der Waals surface area contributed by atoms with Gasteiger partial charge in [-0.05, 0) is 13.8 Å². The summed E-state index contributed by atoms with van der Waals surface area (Å²) in [5.41, 5.74) is 0.931. The van der Waals surface area contributed by atoms with Crippen molar-refractivity contribution in [3.05, 3.63) is 27.9 Å². The second-order valence-corrected chi connectivity index (χ2v) is 5.14. The van der Waals surface area contributed by atoms with Crippen molar-refractivity contribution in [2.75, 3.05) is 6.61 Å². The molecule has 21 heavy (non-hydrogen) atoms. The molecule has 0 bridgehead atoms. The SMILES string of the molecule is CCOC(=O)c1cnn(C)c1CSc1n[nH]c(=O)n1CC. The van der Waals surface area contributed by atoms with Crippen LogP contribution in [0.5, 0.6) is 0 Å². The Morgan fingerprint density at radius 1 is 1.48 bits per heavy atom. The molecular formula is C12H17N5O3S. The maximum absolute atomic E-state index is 11.9. The number of thioether (sulfide) groups is 1. The number of aryl methyl sites for hydroxylation is 1. The second-order valence-electron chi connectivity index (χ2n) is 4.19. The first-order valence-electron chi connectivity index (χ1n) is 6.54. The Morgan fingerprint density at radius 3 is 2.90 bits per heavy atom. The number of hydrogen-bond donors (Lipinski definition) is 1. The molecule has 0 radical (unpaired) electrons. The van der Waals surface area contributed by atoms with Crippen molar-refractivity contribution >= 4 is 17.7 Å². The third-order valence-electron chi connectivity index (χ3n) is 2.93. The van der Waals surface area contributed by atoms with Crippen LogP contribution in [0.3, 0.4) is 0 Å². The van der Waals surface area contributed by atoms with Crippen LogP contribution in [-0.4, -0.2) is 37.1 Å². The maximum Gasteiger partial charge on any atom is 0.343 e. The van der Waals surface area contributed by atoms with Crippen molar-refractivity contribution in [3.8, 4) is 0 Å². The molecule has 8 nitrogen and oxygen atoms in total. The summed E-state index contributed by atoms with van der Waals surface area (Å²) in [4.78, 5) is 23.4. The Bertz CT molecular complexity index is 687. The van der Waals surface area contributed by atoms with Gasteiger partial charge in [0.1, 0.15) is 5.56 Å². The first-order chi connectivity index (χ1) is 10.1. The quantitative estimate of drug-likeness (QED) is 0.626. The van der Waals surface area contributed by atoms with Gasteiger partial charge in [-0.25, -0.2) is 14.7 Å². The predicted molar refractivity (Wildman–Crippen MR) is 77.2 cm³/mol. The van der Waals surface area contributed by atoms with Gasteiger partial charge >= 0.3 is 11.7 Å². The molecule has 2 heterocycles. The van der Waals surface area contributed by atoms with Crippen molar-refractivity contribution in [1.82, 2.24) is 24.5 Å². The highest BCUT2D eigenvalue weighted by atomic mass is 32.2. The van der Waals surface area contributed by atoms with Crippen LogP contribution >= 0.6 is 11.8 Å². The molecule has 0 spiro atoms. The zero-order valence-electron chi connectivity index (χ0n) is 12.1. The lowest BCUT2D eigenvalue weighted by Gasteiger charge is -2.06. The van der Waals surface area contributed by atoms with E-state index in [9.17, 15) is 9.59 Å². The number of carbonyl (C=O) groups excluding carboxylic acids is 1. The molecule has 2 aromatic heterocycles. The fourth-order valence-corrected chi connectivity index (χ4v) is 2.92. The third-order valence-corrected chi connectivity index (χ3v) is 3.92. The van der Waals surface area contributed by atoms with Gasteiger partial charge in [-0.3, -0.25) is 9.25 Å². The van der Waals surface area contributed by atoms with Gasteiger partial charge < -0.3 is 4.74 Å². The molecule has 0 aromatic carbocycles. The monoisotopic (exact) mass is 311 g/mol. The van der Waals surface area contributed by atoms with E-state index in [1.807, 2.05) is 6.92 Å². The summed E-state index contributed by atoms with van der Waals surface area (Å²) < 4.78 is 8.16. The first-order valence-corrected chi connectivity index (χ1v) is 7.53. The molecule has 2 aromatic rings. The summed E-state index contributed by atoms with van der Waals surface area (Å²) in [5.74, 6) is 0.0747. The van der Waals surface area contributed by atoms with Crippen molar-refractivity contribution in [1.29, 1.82) is 0 Å². The summed E-state index contributed by atoms with van der Waals surface area (Å²) in [5, 5.41) is 11.0. The third kappa shape index (κ3) is 3.18. The van der Waals surface area contributed by atoms with Gasteiger partial charge in [0.2, 0.25) is 0 Å². The molecule has 0 saturated heterocycles. The van der Waals surface area contributed by atoms with E-state index in [1.165, 1.54) is 22.5 Å². The highest BCUT2D eigenvalue weighted by molar-refractivity contribution is 7.98. The van der Waals surface area contributed by atoms with E-state index in [0.717, 1.165) is 5.69 Å². The van der Waals surface area contributed by atoms with Gasteiger partial charge in [-0.15, -0.1) is 5.10 Å². The van der Waals surface area contributed by atoms with Gasteiger partial charge in [0, 0.05) is 19.3 Å². The van der Waals surface area contributed by atoms with Gasteiger partial charge in [-0.1, -0.05) is 11.8 Å². The molecule has 0 unspecified atom stereocenters. The van der Waals surface area contributed by atoms with E-state index in [0.29, 0.717) is 29.6 Å². The topological polar surface area (TPSA) is 94.8 Å². The molecule has 114 valence electrons. The van der Waals surface area contributed by atoms with Gasteiger partial charge in [0.15, 0.2) is 5.16 Å². The molecule has 9 heteroatoms. The summed E-state index contributed by atoms with van der Waals surface area (Å²) in [7, 11) is 1.76. The minimum atomic E-state index is -0.392. The van der Waals surface area contributed by atoms with Gasteiger partial charge in [0.25, 0.3) is 0 Å². The number of rotatable bonds is 6. The number of hydrogen-bond acceptors (Lipinski definition) is 6. The van der Waals surface area contributed by atoms with Crippen LogP contribution in [-0.2, 0) is 24.1 Å². The minimum absolute atomic E-state index is 0.240. The Labute approximate surface area is 125 Å². The molecule has 0 fully saturated rings. The first kappa shape index (κ1) is 15.4. The number of H-pyrrole nitrogens is 1. The van der Waals surface area contributed by atoms with E-state index in [1.54, 1.807) is 18.7 Å². The fourth-order valence-electron chi connectivity index (χ4n) is 1.84. The standard InChI is InChI=1S/C12H17N5O3S/c1-4-17-11(19)14-15-12(17)21-7-9-8(6-13-16(9)3)10(18)20-5-2/h6H,4-5,7H2,1-3H3,(H,14,19). The molecule has 0 amide bonds. The average molecular weight is 311 g/mol. The maximum atomic E-state index is 11.9. The number of carbonyl (C=O) groups is 1. The summed E-state index contributed by atoms with van der Waals surface area (Å²) in [6.07, 6.45) is 1.49. The van der Waals surface area contributed by atoms with E-state index in [4.69, 9.17) is 4.74 Å². The van der Waals surface area contributed by atoms with Crippen molar-refractivity contribution in [3.63, 3.8) is 0 Å². The number of aromatic nitrogens is 5. The van der Waals surface area contributed by atoms with E-state index < -0.39 is 5.97 Å². The highest BCUT2D eigenvalue weighted by Gasteiger charge is 2.18. The van der Waals surface area contributed by atoms with Crippen molar-refractivity contribution < 1.29 is 9.53 Å². The number of nitrogens with zero attached hydrogens (tertiary/aromatic N) is 4. The Hall–Kier alpha value is -2.03. The van der Waals surface area contributed by atoms with Crippen molar-refractivity contribution in [2.45, 2.75) is 31.3 Å². The van der Waals surface area contributed by atoms with E-state index in [-0.39, 0.29) is 5.69 Å². The Balaban J connectivity index is 2.18. The number of ether oxygens (including phenoxy) is 1. The van der Waals surface area contributed by atoms with Crippen LogP contribution in [0.4, 0.5) is 0 Å². The lowest BCUT2D eigenvalue weighted by Crippen LogP contribution is -2.16. The predicted octanol–water partition coefficient (Wildman–Crippen LogP) is 0.794. The van der Waals surface area contributed by atoms with Crippen LogP contribution in [0.15, 0.2) is 16.1 Å². The number of esters is 1. The minimum Gasteiger partial charge on any atom is -0.462 e. The van der Waals surface area contributed by atoms with Gasteiger partial charge in [-0.2, -0.15) is 5.10 Å². The van der Waals surface area contributed by atoms with E-state index in [2.05, 4.69) is 15.3 Å². The molecule has 2 rings (SSSR count). The van der Waals surface area contributed by atoms with E-state index >= 15 is 0 Å². The Kier molecular flexibility index (Phi) is 4.84. The zero-order chi connectivity index (χ0) is 15.4. The lowest BCUT2D eigenvalue weighted by atomic mass is 10.3. The van der Waals surface area contributed by atoms with Gasteiger partial charge in [0.05, 0.1) is 18.5 Å². The summed E-state index contributed by atoms with van der Waals surface area (Å²) in [6, 6.07) is 0. The average Bonchev–Trinajstić information content (AvgIpc) is 3.00. The molecule has 1 N–H and O–H groups in total. The summed E-state index contributed by atoms with van der Waals surface area (Å²) >= 11 is 1.37. The van der Waals surface area contributed by atoms with Crippen LogP contribution in [0.2, 0.25) is 0 Å². The normalized spacial score (nSPS) is 10.8. The van der Waals surface area contributed by atoms with Crippen LogP contribution in [0.1, 0.15) is 29.9 Å². The number of aromatic amines is 1. The fraction of sp³-hybridized carbons (Fsp3) is 0.500. The highest BCUT2D eigenvalue weighted by Crippen LogP contribution is 2.22. The largest absolute Gasteiger partial charge is 0.462 e. The smallest absolute Gasteiger partial charge is 0.343 e. The lowest BCUT2D eigenvalue weighted by molar-refractivity contribution is 0.0525. The van der Waals surface area contributed by atoms with Crippen LogP contribution in [0, 0.1) is 0 Å². The Morgan fingerprint density at radius 2 is 2.24 bits per heavy atom. The zero-order valence-corrected chi connectivity index (χ0v) is 12.9. The molecule has 0 aliphatic heterocycles. The molecule has 0 atom stereocenters. The molecular weight excluding hydrogens is 294 g/mol. The molecule has 0 aliphatic rings. The molecule has 0 saturated carbocycles.